The summed E-state index contributed by atoms with van der Waals surface area (Å²) in [5.74, 6) is 6.69. The predicted molar refractivity (Wildman–Crippen MR) is 133 cm³/mol. The number of rotatable bonds is 0. The third-order valence-corrected chi connectivity index (χ3v) is 6.26. The molecule has 0 unspecified atom stereocenters. The summed E-state index contributed by atoms with van der Waals surface area (Å²) in [4.78, 5) is 0. The molecule has 1 heterocycles. The molecule has 0 saturated heterocycles. The maximum absolute atomic E-state index is 3.38. The van der Waals surface area contributed by atoms with Crippen LogP contribution >= 0.6 is 0 Å². The first-order chi connectivity index (χ1) is 15.2. The highest BCUT2D eigenvalue weighted by Gasteiger charge is 2.10. The molecule has 0 saturated carbocycles. The Balaban J connectivity index is 1.58. The van der Waals surface area contributed by atoms with E-state index in [1.54, 1.807) is 0 Å². The van der Waals surface area contributed by atoms with E-state index in [9.17, 15) is 0 Å². The molecule has 5 aromatic carbocycles. The monoisotopic (exact) mass is 395 g/mol. The third kappa shape index (κ3) is 2.88. The van der Waals surface area contributed by atoms with Crippen LogP contribution in [0, 0.1) is 18.8 Å². The minimum absolute atomic E-state index is 1.03. The average molecular weight is 396 g/mol. The van der Waals surface area contributed by atoms with Gasteiger partial charge in [-0.2, -0.15) is 0 Å². The summed E-state index contributed by atoms with van der Waals surface area (Å²) in [5.41, 5.74) is 4.56. The van der Waals surface area contributed by atoms with E-state index in [2.05, 4.69) is 121 Å². The molecular formula is C30H21N. The van der Waals surface area contributed by atoms with Crippen molar-refractivity contribution in [3.63, 3.8) is 0 Å². The van der Waals surface area contributed by atoms with E-state index in [4.69, 9.17) is 0 Å². The fourth-order valence-corrected chi connectivity index (χ4v) is 4.58. The average Bonchev–Trinajstić information content (AvgIpc) is 3.13. The molecule has 0 bridgehead atoms. The Bertz CT molecular complexity index is 1690. The van der Waals surface area contributed by atoms with Gasteiger partial charge in [0.2, 0.25) is 0 Å². The first kappa shape index (κ1) is 17.8. The van der Waals surface area contributed by atoms with Crippen LogP contribution in [0.1, 0.15) is 16.8 Å². The smallest absolute Gasteiger partial charge is 0.0932 e. The number of fused-ring (bicyclic) bond motifs is 6. The molecule has 0 aliphatic carbocycles. The van der Waals surface area contributed by atoms with Crippen molar-refractivity contribution in [2.75, 3.05) is 0 Å². The maximum Gasteiger partial charge on any atom is 0.0932 e. The zero-order valence-electron chi connectivity index (χ0n) is 17.6. The number of hydrogen-bond acceptors (Lipinski definition) is 0. The lowest BCUT2D eigenvalue weighted by atomic mass is 9.97. The lowest BCUT2D eigenvalue weighted by Gasteiger charge is -2.09. The fourth-order valence-electron chi connectivity index (χ4n) is 4.58. The van der Waals surface area contributed by atoms with Gasteiger partial charge in [0, 0.05) is 23.4 Å². The van der Waals surface area contributed by atoms with Crippen molar-refractivity contribution in [1.29, 1.82) is 0 Å². The van der Waals surface area contributed by atoms with Gasteiger partial charge in [0.05, 0.1) is 11.2 Å². The standard InChI is InChI=1S/C30H21N/c1-20-7-9-21(10-8-20)11-14-26-18-25-13-15-27-28(30(25)31(26)2)16-12-24-17-22-5-3-4-6-23(22)19-29(24)27/h3-10,12-13,15-19H,1-2H3. The zero-order chi connectivity index (χ0) is 20.9. The molecule has 0 aliphatic rings. The zero-order valence-corrected chi connectivity index (χ0v) is 17.6. The van der Waals surface area contributed by atoms with Gasteiger partial charge in [-0.05, 0) is 70.1 Å². The second-order valence-electron chi connectivity index (χ2n) is 8.29. The summed E-state index contributed by atoms with van der Waals surface area (Å²) in [7, 11) is 2.12. The van der Waals surface area contributed by atoms with E-state index >= 15 is 0 Å². The minimum Gasteiger partial charge on any atom is -0.337 e. The van der Waals surface area contributed by atoms with Gasteiger partial charge in [0.1, 0.15) is 0 Å². The normalized spacial score (nSPS) is 11.3. The van der Waals surface area contributed by atoms with Gasteiger partial charge in [-0.3, -0.25) is 0 Å². The van der Waals surface area contributed by atoms with Crippen molar-refractivity contribution in [3.05, 3.63) is 108 Å². The Labute approximate surface area is 181 Å². The van der Waals surface area contributed by atoms with Crippen LogP contribution in [0.4, 0.5) is 0 Å². The topological polar surface area (TPSA) is 4.93 Å². The SMILES string of the molecule is Cc1ccc(C#Cc2cc3ccc4c5cc6ccccc6cc5ccc4c3n2C)cc1. The quantitative estimate of drug-likeness (QED) is 0.144. The van der Waals surface area contributed by atoms with Crippen molar-refractivity contribution in [3.8, 4) is 11.8 Å². The molecule has 1 nitrogen and oxygen atoms in total. The van der Waals surface area contributed by atoms with Gasteiger partial charge in [-0.25, -0.2) is 0 Å². The fraction of sp³-hybridized carbons (Fsp3) is 0.0667. The molecule has 0 N–H and O–H groups in total. The van der Waals surface area contributed by atoms with Crippen LogP contribution in [0.25, 0.3) is 43.2 Å². The number of benzene rings is 5. The van der Waals surface area contributed by atoms with E-state index in [1.165, 1.54) is 48.8 Å². The van der Waals surface area contributed by atoms with E-state index in [1.807, 2.05) is 0 Å². The summed E-state index contributed by atoms with van der Waals surface area (Å²) >= 11 is 0. The molecular weight excluding hydrogens is 374 g/mol. The van der Waals surface area contributed by atoms with Gasteiger partial charge >= 0.3 is 0 Å². The molecule has 31 heavy (non-hydrogen) atoms. The van der Waals surface area contributed by atoms with Crippen LogP contribution in [0.2, 0.25) is 0 Å². The Morgan fingerprint density at radius 3 is 2.10 bits per heavy atom. The summed E-state index contributed by atoms with van der Waals surface area (Å²) in [6.45, 7) is 2.10. The van der Waals surface area contributed by atoms with Crippen molar-refractivity contribution in [2.24, 2.45) is 7.05 Å². The Morgan fingerprint density at radius 1 is 0.581 bits per heavy atom. The van der Waals surface area contributed by atoms with E-state index < -0.39 is 0 Å². The molecule has 146 valence electrons. The molecule has 0 radical (unpaired) electrons. The minimum atomic E-state index is 1.03. The second kappa shape index (κ2) is 6.76. The van der Waals surface area contributed by atoms with Crippen LogP contribution in [-0.2, 0) is 7.05 Å². The van der Waals surface area contributed by atoms with Gasteiger partial charge in [0.15, 0.2) is 0 Å². The van der Waals surface area contributed by atoms with Crippen molar-refractivity contribution in [1.82, 2.24) is 4.57 Å². The van der Waals surface area contributed by atoms with Crippen LogP contribution in [0.5, 0.6) is 0 Å². The largest absolute Gasteiger partial charge is 0.337 e. The lowest BCUT2D eigenvalue weighted by molar-refractivity contribution is 0.955. The molecule has 0 aliphatic heterocycles. The molecule has 0 spiro atoms. The maximum atomic E-state index is 3.38. The van der Waals surface area contributed by atoms with Crippen molar-refractivity contribution in [2.45, 2.75) is 6.92 Å². The predicted octanol–water partition coefficient (Wildman–Crippen LogP) is 7.35. The summed E-state index contributed by atoms with van der Waals surface area (Å²) in [6.07, 6.45) is 0. The number of hydrogen-bond donors (Lipinski definition) is 0. The van der Waals surface area contributed by atoms with E-state index in [0.717, 1.165) is 11.3 Å². The first-order valence-corrected chi connectivity index (χ1v) is 10.6. The van der Waals surface area contributed by atoms with Crippen LogP contribution in [0.3, 0.4) is 0 Å². The van der Waals surface area contributed by atoms with Crippen LogP contribution in [-0.4, -0.2) is 4.57 Å². The molecule has 1 heteroatoms. The molecule has 1 aromatic heterocycles. The molecule has 0 amide bonds. The second-order valence-corrected chi connectivity index (χ2v) is 8.29. The Morgan fingerprint density at radius 2 is 1.29 bits per heavy atom. The van der Waals surface area contributed by atoms with Gasteiger partial charge in [-0.1, -0.05) is 72.1 Å². The molecule has 0 fully saturated rings. The molecule has 0 atom stereocenters. The number of aryl methyl sites for hydroxylation is 2. The third-order valence-electron chi connectivity index (χ3n) is 6.26. The van der Waals surface area contributed by atoms with Gasteiger partial charge in [0.25, 0.3) is 0 Å². The summed E-state index contributed by atoms with van der Waals surface area (Å²) in [6, 6.07) is 32.7. The number of aromatic nitrogens is 1. The van der Waals surface area contributed by atoms with Gasteiger partial charge < -0.3 is 4.57 Å². The number of nitrogens with zero attached hydrogens (tertiary/aromatic N) is 1. The summed E-state index contributed by atoms with van der Waals surface area (Å²) in [5, 5.41) is 8.91. The van der Waals surface area contributed by atoms with E-state index in [0.29, 0.717) is 0 Å². The lowest BCUT2D eigenvalue weighted by Crippen LogP contribution is -1.92. The summed E-state index contributed by atoms with van der Waals surface area (Å²) < 4.78 is 2.23. The van der Waals surface area contributed by atoms with E-state index in [-0.39, 0.29) is 0 Å². The van der Waals surface area contributed by atoms with Crippen molar-refractivity contribution >= 4 is 43.2 Å². The molecule has 6 aromatic rings. The molecule has 6 rings (SSSR count). The highest BCUT2D eigenvalue weighted by Crippen LogP contribution is 2.34. The highest BCUT2D eigenvalue weighted by molar-refractivity contribution is 6.18. The van der Waals surface area contributed by atoms with Crippen LogP contribution in [0.15, 0.2) is 91.0 Å². The van der Waals surface area contributed by atoms with Crippen molar-refractivity contribution < 1.29 is 0 Å². The van der Waals surface area contributed by atoms with Gasteiger partial charge in [-0.15, -0.1) is 0 Å². The Kier molecular flexibility index (Phi) is 3.88. The highest BCUT2D eigenvalue weighted by atomic mass is 14.9. The Hall–Kier alpha value is -4.02. The first-order valence-electron chi connectivity index (χ1n) is 10.6. The van der Waals surface area contributed by atoms with Crippen LogP contribution < -0.4 is 0 Å².